The van der Waals surface area contributed by atoms with Crippen LogP contribution in [-0.2, 0) is 4.79 Å². The number of nitrogens with two attached hydrogens (primary N) is 2. The zero-order valence-corrected chi connectivity index (χ0v) is 24.5. The van der Waals surface area contributed by atoms with Crippen LogP contribution in [0.2, 0.25) is 0 Å². The van der Waals surface area contributed by atoms with Crippen LogP contribution < -0.4 is 21.4 Å². The number of likely N-dealkylation sites (N-methyl/N-ethyl adjacent to an activating group) is 1. The lowest BCUT2D eigenvalue weighted by atomic mass is 9.95. The van der Waals surface area contributed by atoms with Gasteiger partial charge in [0, 0.05) is 49.9 Å². The molecular formula is C32H31F2N10O+. The maximum Gasteiger partial charge on any atom is 0.245 e. The lowest BCUT2D eigenvalue weighted by Gasteiger charge is -2.28. The topological polar surface area (TPSA) is 144 Å². The first-order valence-electron chi connectivity index (χ1n) is 14.7. The van der Waals surface area contributed by atoms with Crippen LogP contribution in [0, 0.1) is 11.6 Å². The first kappa shape index (κ1) is 28.3. The number of rotatable bonds is 2. The molecule has 5 heterocycles. The standard InChI is InChI=1S/C32H30F2N10O/c1-42-12-4-7-24(36)29-20(5-2-6-23(29)35)25-8-3-9-28(41-25)40-19-14-27(32(42)45)43(16-19)30-21-15-39-44(31(21)38-17-37-30)26-11-10-18(33)13-22(26)34/h2-3,5-6,8-11,13,15,17,19,27,36H,4,7,12,14,16,35H2,1H3,(H,40,41)/p+1/t19?,27-/m0/s1. The van der Waals surface area contributed by atoms with Gasteiger partial charge in [0.05, 0.1) is 22.8 Å². The van der Waals surface area contributed by atoms with Crippen LogP contribution in [0.4, 0.5) is 26.1 Å². The van der Waals surface area contributed by atoms with E-state index in [1.807, 2.05) is 41.3 Å². The molecule has 1 amide bonds. The second-order valence-electron chi connectivity index (χ2n) is 11.4. The van der Waals surface area contributed by atoms with Gasteiger partial charge in [0.2, 0.25) is 5.91 Å². The van der Waals surface area contributed by atoms with Crippen molar-refractivity contribution in [2.75, 3.05) is 36.1 Å². The van der Waals surface area contributed by atoms with E-state index in [1.165, 1.54) is 23.3 Å². The predicted molar refractivity (Wildman–Crippen MR) is 167 cm³/mol. The molecule has 4 bridgehead atoms. The molecule has 5 aromatic rings. The van der Waals surface area contributed by atoms with Crippen LogP contribution in [0.5, 0.6) is 0 Å². The van der Waals surface area contributed by atoms with Crippen LogP contribution in [0.1, 0.15) is 24.8 Å². The number of carbonyl (C=O) groups excluding carboxylic acids is 1. The summed E-state index contributed by atoms with van der Waals surface area (Å²) in [5, 5.41) is 15.0. The van der Waals surface area contributed by atoms with Gasteiger partial charge < -0.3 is 20.9 Å². The summed E-state index contributed by atoms with van der Waals surface area (Å²) in [7, 11) is 1.79. The van der Waals surface area contributed by atoms with Gasteiger partial charge in [-0.25, -0.2) is 28.4 Å². The lowest BCUT2D eigenvalue weighted by Crippen LogP contribution is -2.45. The van der Waals surface area contributed by atoms with Gasteiger partial charge in [-0.2, -0.15) is 5.10 Å². The van der Waals surface area contributed by atoms with Crippen LogP contribution >= 0.6 is 0 Å². The van der Waals surface area contributed by atoms with Crippen LogP contribution in [0.25, 0.3) is 28.0 Å². The molecule has 13 heteroatoms. The molecule has 0 aliphatic carbocycles. The molecule has 1 saturated heterocycles. The molecule has 0 saturated carbocycles. The SMILES string of the molecule is CN1CCCC(=[NH2+])c2c(N)cccc2-c2cccc(n2)NC2C[C@@H](C1=O)N(c1ncnc3c1cnn3-c1ccc(F)cc1F)C2. The maximum absolute atomic E-state index is 14.7. The Bertz CT molecular complexity index is 1960. The summed E-state index contributed by atoms with van der Waals surface area (Å²) in [5.74, 6) is -0.392. The highest BCUT2D eigenvalue weighted by atomic mass is 19.1. The van der Waals surface area contributed by atoms with Crippen molar-refractivity contribution in [1.29, 1.82) is 0 Å². The number of hydrogen-bond acceptors (Lipinski definition) is 8. The minimum absolute atomic E-state index is 0.0520. The summed E-state index contributed by atoms with van der Waals surface area (Å²) in [6, 6.07) is 14.0. The molecule has 228 valence electrons. The molecule has 2 aliphatic rings. The zero-order valence-electron chi connectivity index (χ0n) is 24.5. The normalized spacial score (nSPS) is 18.8. The summed E-state index contributed by atoms with van der Waals surface area (Å²) in [6.07, 6.45) is 4.57. The van der Waals surface area contributed by atoms with Gasteiger partial charge in [0.15, 0.2) is 17.2 Å². The fourth-order valence-corrected chi connectivity index (χ4v) is 6.31. The number of nitrogen functional groups attached to an aromatic ring is 1. The van der Waals surface area contributed by atoms with E-state index < -0.39 is 17.7 Å². The number of carbonyl (C=O) groups is 1. The average molecular weight is 610 g/mol. The van der Waals surface area contributed by atoms with E-state index in [2.05, 4.69) is 20.4 Å². The monoisotopic (exact) mass is 609 g/mol. The molecular weight excluding hydrogens is 578 g/mol. The first-order chi connectivity index (χ1) is 21.8. The Labute approximate surface area is 257 Å². The summed E-state index contributed by atoms with van der Waals surface area (Å²) >= 11 is 0. The Balaban J connectivity index is 1.28. The van der Waals surface area contributed by atoms with Crippen LogP contribution in [0.15, 0.2) is 67.1 Å². The third-order valence-corrected chi connectivity index (χ3v) is 8.45. The Morgan fingerprint density at radius 1 is 1.09 bits per heavy atom. The van der Waals surface area contributed by atoms with Crippen LogP contribution in [-0.4, -0.2) is 73.5 Å². The van der Waals surface area contributed by atoms with Crippen molar-refractivity contribution in [2.45, 2.75) is 31.3 Å². The molecule has 7 rings (SSSR count). The van der Waals surface area contributed by atoms with E-state index in [-0.39, 0.29) is 17.6 Å². The minimum Gasteiger partial charge on any atom is -0.398 e. The lowest BCUT2D eigenvalue weighted by molar-refractivity contribution is -0.131. The summed E-state index contributed by atoms with van der Waals surface area (Å²) < 4.78 is 29.6. The zero-order chi connectivity index (χ0) is 31.2. The predicted octanol–water partition coefficient (Wildman–Crippen LogP) is 2.60. The smallest absolute Gasteiger partial charge is 0.245 e. The Morgan fingerprint density at radius 3 is 2.78 bits per heavy atom. The van der Waals surface area contributed by atoms with Crippen molar-refractivity contribution in [3.8, 4) is 16.9 Å². The van der Waals surface area contributed by atoms with Gasteiger partial charge in [0.25, 0.3) is 0 Å². The number of amides is 1. The van der Waals surface area contributed by atoms with Crippen molar-refractivity contribution in [2.24, 2.45) is 0 Å². The van der Waals surface area contributed by atoms with E-state index in [4.69, 9.17) is 16.1 Å². The van der Waals surface area contributed by atoms with Gasteiger partial charge >= 0.3 is 0 Å². The average Bonchev–Trinajstić information content (AvgIpc) is 3.65. The Hall–Kier alpha value is -5.46. The van der Waals surface area contributed by atoms with E-state index in [9.17, 15) is 13.6 Å². The largest absolute Gasteiger partial charge is 0.398 e. The van der Waals surface area contributed by atoms with Gasteiger partial charge in [0.1, 0.15) is 35.5 Å². The Morgan fingerprint density at radius 2 is 1.93 bits per heavy atom. The fraction of sp³-hybridized carbons (Fsp3) is 0.250. The molecule has 11 nitrogen and oxygen atoms in total. The number of hydrogen-bond donors (Lipinski definition) is 3. The molecule has 0 radical (unpaired) electrons. The van der Waals surface area contributed by atoms with E-state index >= 15 is 0 Å². The highest BCUT2D eigenvalue weighted by molar-refractivity contribution is 6.06. The van der Waals surface area contributed by atoms with Crippen molar-refractivity contribution >= 4 is 40.0 Å². The van der Waals surface area contributed by atoms with Crippen molar-refractivity contribution < 1.29 is 19.0 Å². The van der Waals surface area contributed by atoms with Gasteiger partial charge in [-0.05, 0) is 43.2 Å². The molecule has 0 spiro atoms. The van der Waals surface area contributed by atoms with E-state index in [0.29, 0.717) is 66.4 Å². The van der Waals surface area contributed by atoms with Crippen molar-refractivity contribution in [3.63, 3.8) is 0 Å². The minimum atomic E-state index is -0.772. The molecule has 1 fully saturated rings. The maximum atomic E-state index is 14.7. The summed E-state index contributed by atoms with van der Waals surface area (Å²) in [6.45, 7) is 0.916. The number of anilines is 3. The van der Waals surface area contributed by atoms with E-state index in [1.54, 1.807) is 11.9 Å². The highest BCUT2D eigenvalue weighted by Crippen LogP contribution is 2.34. The Kier molecular flexibility index (Phi) is 7.07. The number of halogens is 2. The van der Waals surface area contributed by atoms with E-state index in [0.717, 1.165) is 29.0 Å². The number of aromatic nitrogens is 5. The number of pyridine rings is 1. The molecule has 5 N–H and O–H groups in total. The molecule has 2 aliphatic heterocycles. The molecule has 2 aromatic carbocycles. The second-order valence-corrected chi connectivity index (χ2v) is 11.4. The van der Waals surface area contributed by atoms with Crippen molar-refractivity contribution in [1.82, 2.24) is 29.6 Å². The number of benzene rings is 2. The number of nitrogens with zero attached hydrogens (tertiary/aromatic N) is 7. The molecule has 3 aromatic heterocycles. The van der Waals surface area contributed by atoms with Crippen LogP contribution in [0.3, 0.4) is 0 Å². The molecule has 2 atom stereocenters. The summed E-state index contributed by atoms with van der Waals surface area (Å²) in [4.78, 5) is 31.5. The fourth-order valence-electron chi connectivity index (χ4n) is 6.31. The number of nitrogens with one attached hydrogen (secondary N) is 1. The first-order valence-corrected chi connectivity index (χ1v) is 14.7. The number of fused-ring (bicyclic) bond motifs is 7. The van der Waals surface area contributed by atoms with Gasteiger partial charge in [-0.15, -0.1) is 0 Å². The summed E-state index contributed by atoms with van der Waals surface area (Å²) in [5.41, 5.74) is 10.3. The van der Waals surface area contributed by atoms with Crippen molar-refractivity contribution in [3.05, 3.63) is 84.3 Å². The van der Waals surface area contributed by atoms with Gasteiger partial charge in [-0.1, -0.05) is 18.2 Å². The quantitative estimate of drug-likeness (QED) is 0.259. The van der Waals surface area contributed by atoms with Gasteiger partial charge in [-0.3, -0.25) is 10.2 Å². The molecule has 45 heavy (non-hydrogen) atoms. The third kappa shape index (κ3) is 5.09. The second kappa shape index (κ2) is 11.2. The highest BCUT2D eigenvalue weighted by Gasteiger charge is 2.40. The molecule has 1 unspecified atom stereocenters. The third-order valence-electron chi connectivity index (χ3n) is 8.45.